The van der Waals surface area contributed by atoms with Gasteiger partial charge in [-0.1, -0.05) is 30.8 Å². The lowest BCUT2D eigenvalue weighted by Crippen LogP contribution is -2.05. The Morgan fingerprint density at radius 1 is 1.38 bits per heavy atom. The SMILES string of the molecule is CCCn1c(SCC(=O)O)nnc1-c1cccc(O)c1C. The zero-order valence-corrected chi connectivity index (χ0v) is 12.7. The van der Waals surface area contributed by atoms with Gasteiger partial charge in [-0.05, 0) is 19.4 Å². The fourth-order valence-electron chi connectivity index (χ4n) is 2.01. The second-order valence-corrected chi connectivity index (χ2v) is 5.53. The largest absolute Gasteiger partial charge is 0.508 e. The number of aromatic nitrogens is 3. The van der Waals surface area contributed by atoms with Crippen LogP contribution in [0.4, 0.5) is 0 Å². The van der Waals surface area contributed by atoms with Gasteiger partial charge in [0.15, 0.2) is 11.0 Å². The molecule has 0 fully saturated rings. The monoisotopic (exact) mass is 307 g/mol. The van der Waals surface area contributed by atoms with E-state index < -0.39 is 5.97 Å². The Kier molecular flexibility index (Phi) is 4.85. The lowest BCUT2D eigenvalue weighted by atomic mass is 10.1. The highest BCUT2D eigenvalue weighted by Crippen LogP contribution is 2.30. The van der Waals surface area contributed by atoms with Crippen LogP contribution in [0.3, 0.4) is 0 Å². The minimum absolute atomic E-state index is 0.0547. The maximum atomic E-state index is 10.7. The van der Waals surface area contributed by atoms with Crippen molar-refractivity contribution in [1.82, 2.24) is 14.8 Å². The molecule has 2 aromatic rings. The molecule has 0 radical (unpaired) electrons. The summed E-state index contributed by atoms with van der Waals surface area (Å²) in [4.78, 5) is 10.7. The van der Waals surface area contributed by atoms with Crippen LogP contribution in [0.25, 0.3) is 11.4 Å². The Morgan fingerprint density at radius 3 is 2.81 bits per heavy atom. The molecule has 0 amide bonds. The number of carboxylic acids is 1. The molecule has 1 heterocycles. The molecule has 0 atom stereocenters. The molecule has 7 heteroatoms. The standard InChI is InChI=1S/C14H17N3O3S/c1-3-7-17-13(10-5-4-6-11(18)9(10)2)15-16-14(17)21-8-12(19)20/h4-6,18H,3,7-8H2,1-2H3,(H,19,20). The average Bonchev–Trinajstić information content (AvgIpc) is 2.83. The zero-order valence-electron chi connectivity index (χ0n) is 11.9. The summed E-state index contributed by atoms with van der Waals surface area (Å²) in [6.45, 7) is 4.55. The first kappa shape index (κ1) is 15.4. The van der Waals surface area contributed by atoms with E-state index >= 15 is 0 Å². The molecular weight excluding hydrogens is 290 g/mol. The van der Waals surface area contributed by atoms with Crippen LogP contribution in [-0.2, 0) is 11.3 Å². The van der Waals surface area contributed by atoms with Gasteiger partial charge in [0.05, 0.1) is 5.75 Å². The van der Waals surface area contributed by atoms with Crippen LogP contribution in [0.15, 0.2) is 23.4 Å². The van der Waals surface area contributed by atoms with Crippen LogP contribution in [0.1, 0.15) is 18.9 Å². The Morgan fingerprint density at radius 2 is 2.14 bits per heavy atom. The molecule has 0 spiro atoms. The van der Waals surface area contributed by atoms with E-state index in [1.54, 1.807) is 12.1 Å². The number of rotatable bonds is 6. The predicted molar refractivity (Wildman–Crippen MR) is 80.5 cm³/mol. The summed E-state index contributed by atoms with van der Waals surface area (Å²) < 4.78 is 1.90. The van der Waals surface area contributed by atoms with Crippen molar-refractivity contribution >= 4 is 17.7 Å². The Balaban J connectivity index is 2.43. The second-order valence-electron chi connectivity index (χ2n) is 4.59. The number of aromatic hydroxyl groups is 1. The van der Waals surface area contributed by atoms with E-state index in [0.29, 0.717) is 17.5 Å². The van der Waals surface area contributed by atoms with Gasteiger partial charge in [0.2, 0.25) is 0 Å². The molecule has 0 bridgehead atoms. The summed E-state index contributed by atoms with van der Waals surface area (Å²) in [6.07, 6.45) is 0.879. The van der Waals surface area contributed by atoms with Gasteiger partial charge in [-0.25, -0.2) is 0 Å². The maximum absolute atomic E-state index is 10.7. The molecule has 0 aliphatic carbocycles. The number of phenolic OH excluding ortho intramolecular Hbond substituents is 1. The maximum Gasteiger partial charge on any atom is 0.313 e. The van der Waals surface area contributed by atoms with Gasteiger partial charge >= 0.3 is 5.97 Å². The first-order valence-corrected chi connectivity index (χ1v) is 7.60. The third-order valence-corrected chi connectivity index (χ3v) is 3.99. The van der Waals surface area contributed by atoms with Gasteiger partial charge in [-0.15, -0.1) is 10.2 Å². The van der Waals surface area contributed by atoms with E-state index in [2.05, 4.69) is 10.2 Å². The van der Waals surface area contributed by atoms with E-state index in [1.165, 1.54) is 0 Å². The number of carbonyl (C=O) groups is 1. The van der Waals surface area contributed by atoms with Crippen molar-refractivity contribution in [2.24, 2.45) is 0 Å². The number of hydrogen-bond donors (Lipinski definition) is 2. The molecule has 0 aliphatic heterocycles. The Hall–Kier alpha value is -2.02. The van der Waals surface area contributed by atoms with E-state index in [0.717, 1.165) is 29.3 Å². The number of benzene rings is 1. The van der Waals surface area contributed by atoms with Gasteiger partial charge in [0.1, 0.15) is 5.75 Å². The van der Waals surface area contributed by atoms with Crippen molar-refractivity contribution in [2.45, 2.75) is 32.0 Å². The lowest BCUT2D eigenvalue weighted by molar-refractivity contribution is -0.133. The number of thioether (sulfide) groups is 1. The smallest absolute Gasteiger partial charge is 0.313 e. The first-order valence-electron chi connectivity index (χ1n) is 6.61. The minimum Gasteiger partial charge on any atom is -0.508 e. The van der Waals surface area contributed by atoms with Gasteiger partial charge in [0.25, 0.3) is 0 Å². The number of aliphatic carboxylic acids is 1. The Labute approximate surface area is 126 Å². The second kappa shape index (κ2) is 6.62. The summed E-state index contributed by atoms with van der Waals surface area (Å²) in [7, 11) is 0. The van der Waals surface area contributed by atoms with Crippen molar-refractivity contribution in [1.29, 1.82) is 0 Å². The molecule has 1 aromatic heterocycles. The number of hydrogen-bond acceptors (Lipinski definition) is 5. The summed E-state index contributed by atoms with van der Waals surface area (Å²) in [5.74, 6) is -0.0847. The van der Waals surface area contributed by atoms with E-state index in [4.69, 9.17) is 5.11 Å². The zero-order chi connectivity index (χ0) is 15.4. The van der Waals surface area contributed by atoms with Crippen molar-refractivity contribution in [3.05, 3.63) is 23.8 Å². The van der Waals surface area contributed by atoms with Gasteiger partial charge in [-0.2, -0.15) is 0 Å². The highest BCUT2D eigenvalue weighted by molar-refractivity contribution is 7.99. The van der Waals surface area contributed by atoms with E-state index in [1.807, 2.05) is 24.5 Å². The number of carboxylic acid groups (broad SMARTS) is 1. The molecule has 1 aromatic carbocycles. The summed E-state index contributed by atoms with van der Waals surface area (Å²) in [5.41, 5.74) is 1.54. The van der Waals surface area contributed by atoms with Crippen molar-refractivity contribution in [3.63, 3.8) is 0 Å². The molecule has 112 valence electrons. The quantitative estimate of drug-likeness (QED) is 0.797. The summed E-state index contributed by atoms with van der Waals surface area (Å²) in [6, 6.07) is 5.25. The van der Waals surface area contributed by atoms with Crippen LogP contribution in [0, 0.1) is 6.92 Å². The minimum atomic E-state index is -0.888. The first-order chi connectivity index (χ1) is 10.0. The molecular formula is C14H17N3O3S. The van der Waals surface area contributed by atoms with Crippen molar-refractivity contribution < 1.29 is 15.0 Å². The molecule has 21 heavy (non-hydrogen) atoms. The van der Waals surface area contributed by atoms with Crippen LogP contribution in [-0.4, -0.2) is 36.7 Å². The molecule has 6 nitrogen and oxygen atoms in total. The summed E-state index contributed by atoms with van der Waals surface area (Å²) >= 11 is 1.15. The molecule has 2 N–H and O–H groups in total. The molecule has 0 saturated heterocycles. The lowest BCUT2D eigenvalue weighted by Gasteiger charge is -2.10. The van der Waals surface area contributed by atoms with Crippen LogP contribution in [0.2, 0.25) is 0 Å². The van der Waals surface area contributed by atoms with E-state index in [9.17, 15) is 9.90 Å². The van der Waals surface area contributed by atoms with Gasteiger partial charge in [0, 0.05) is 17.7 Å². The van der Waals surface area contributed by atoms with Crippen molar-refractivity contribution in [2.75, 3.05) is 5.75 Å². The molecule has 0 unspecified atom stereocenters. The average molecular weight is 307 g/mol. The van der Waals surface area contributed by atoms with Crippen LogP contribution >= 0.6 is 11.8 Å². The van der Waals surface area contributed by atoms with Gasteiger partial charge in [-0.3, -0.25) is 4.79 Å². The van der Waals surface area contributed by atoms with Crippen molar-refractivity contribution in [3.8, 4) is 17.1 Å². The van der Waals surface area contributed by atoms with E-state index in [-0.39, 0.29) is 11.5 Å². The normalized spacial score (nSPS) is 10.8. The fraction of sp³-hybridized carbons (Fsp3) is 0.357. The summed E-state index contributed by atoms with van der Waals surface area (Å²) in [5, 5.41) is 27.5. The van der Waals surface area contributed by atoms with Gasteiger partial charge < -0.3 is 14.8 Å². The highest BCUT2D eigenvalue weighted by atomic mass is 32.2. The molecule has 2 rings (SSSR count). The third-order valence-electron chi connectivity index (χ3n) is 3.03. The van der Waals surface area contributed by atoms with Crippen LogP contribution in [0.5, 0.6) is 5.75 Å². The Bertz CT molecular complexity index is 655. The predicted octanol–water partition coefficient (Wildman–Crippen LogP) is 2.55. The fourth-order valence-corrected chi connectivity index (χ4v) is 2.70. The topological polar surface area (TPSA) is 88.2 Å². The molecule has 0 saturated carbocycles. The van der Waals surface area contributed by atoms with Crippen LogP contribution < -0.4 is 0 Å². The highest BCUT2D eigenvalue weighted by Gasteiger charge is 2.17. The number of nitrogens with zero attached hydrogens (tertiary/aromatic N) is 3. The molecule has 0 aliphatic rings. The number of phenols is 1. The third kappa shape index (κ3) is 3.36.